The van der Waals surface area contributed by atoms with Crippen molar-refractivity contribution in [1.29, 1.82) is 0 Å². The molecule has 0 saturated carbocycles. The number of aromatic amines is 1. The third-order valence-electron chi connectivity index (χ3n) is 5.87. The second-order valence-electron chi connectivity index (χ2n) is 7.86. The fourth-order valence-corrected chi connectivity index (χ4v) is 4.28. The first-order chi connectivity index (χ1) is 12.2. The number of hydrogen-bond acceptors (Lipinski definition) is 3. The third kappa shape index (κ3) is 3.56. The van der Waals surface area contributed by atoms with Crippen LogP contribution in [0.1, 0.15) is 43.1 Å². The fourth-order valence-electron chi connectivity index (χ4n) is 4.28. The van der Waals surface area contributed by atoms with Crippen molar-refractivity contribution in [1.82, 2.24) is 20.0 Å². The van der Waals surface area contributed by atoms with E-state index in [2.05, 4.69) is 22.0 Å². The molecule has 0 spiro atoms. The minimum atomic E-state index is 0.0782. The number of amides is 1. The number of fused-ring (bicyclic) bond motifs is 1. The van der Waals surface area contributed by atoms with Gasteiger partial charge in [0.15, 0.2) is 5.69 Å². The number of para-hydroxylation sites is 1. The molecular formula is C20H28N4O. The van der Waals surface area contributed by atoms with Crippen LogP contribution in [-0.4, -0.2) is 58.6 Å². The molecular weight excluding hydrogens is 312 g/mol. The lowest BCUT2D eigenvalue weighted by Gasteiger charge is -2.37. The van der Waals surface area contributed by atoms with Gasteiger partial charge in [0.1, 0.15) is 0 Å². The predicted octanol–water partition coefficient (Wildman–Crippen LogP) is 3.15. The summed E-state index contributed by atoms with van der Waals surface area (Å²) in [5, 5.41) is 8.21. The van der Waals surface area contributed by atoms with Crippen LogP contribution < -0.4 is 0 Å². The number of benzene rings is 1. The molecule has 1 aromatic heterocycles. The van der Waals surface area contributed by atoms with E-state index in [4.69, 9.17) is 0 Å². The van der Waals surface area contributed by atoms with Gasteiger partial charge in [-0.25, -0.2) is 0 Å². The Morgan fingerprint density at radius 1 is 1.20 bits per heavy atom. The summed E-state index contributed by atoms with van der Waals surface area (Å²) in [5.41, 5.74) is 1.50. The lowest BCUT2D eigenvalue weighted by Crippen LogP contribution is -2.45. The van der Waals surface area contributed by atoms with E-state index in [1.54, 1.807) is 0 Å². The van der Waals surface area contributed by atoms with Gasteiger partial charge in [0.2, 0.25) is 0 Å². The van der Waals surface area contributed by atoms with Crippen molar-refractivity contribution in [2.45, 2.75) is 32.6 Å². The van der Waals surface area contributed by atoms with Crippen molar-refractivity contribution in [2.24, 2.45) is 11.8 Å². The number of carbonyl (C=O) groups is 1. The first kappa shape index (κ1) is 16.6. The van der Waals surface area contributed by atoms with Crippen molar-refractivity contribution in [3.05, 3.63) is 30.0 Å². The molecule has 2 aromatic rings. The smallest absolute Gasteiger partial charge is 0.275 e. The molecule has 0 radical (unpaired) electrons. The Bertz CT molecular complexity index is 732. The van der Waals surface area contributed by atoms with Crippen LogP contribution in [0.15, 0.2) is 24.3 Å². The molecule has 134 valence electrons. The maximum Gasteiger partial charge on any atom is 0.275 e. The first-order valence-corrected chi connectivity index (χ1v) is 9.65. The summed E-state index contributed by atoms with van der Waals surface area (Å²) in [5.74, 6) is 1.54. The van der Waals surface area contributed by atoms with Crippen LogP contribution in [0.25, 0.3) is 10.9 Å². The van der Waals surface area contributed by atoms with Crippen LogP contribution in [0, 0.1) is 11.8 Å². The quantitative estimate of drug-likeness (QED) is 0.934. The minimum absolute atomic E-state index is 0.0782. The van der Waals surface area contributed by atoms with Gasteiger partial charge >= 0.3 is 0 Å². The largest absolute Gasteiger partial charge is 0.337 e. The fraction of sp³-hybridized carbons (Fsp3) is 0.600. The SMILES string of the molecule is CC1CCN(C[C@H]2CCCN(C(=O)c3n[nH]c4ccccc34)C2)CC1. The van der Waals surface area contributed by atoms with Gasteiger partial charge in [-0.15, -0.1) is 0 Å². The number of H-pyrrole nitrogens is 1. The van der Waals surface area contributed by atoms with E-state index in [0.29, 0.717) is 11.6 Å². The molecule has 0 unspecified atom stereocenters. The van der Waals surface area contributed by atoms with Gasteiger partial charge in [-0.3, -0.25) is 9.89 Å². The zero-order chi connectivity index (χ0) is 17.2. The van der Waals surface area contributed by atoms with Crippen LogP contribution in [0.5, 0.6) is 0 Å². The Balaban J connectivity index is 1.41. The molecule has 0 aliphatic carbocycles. The maximum absolute atomic E-state index is 13.0. The molecule has 5 nitrogen and oxygen atoms in total. The molecule has 2 saturated heterocycles. The normalized spacial score (nSPS) is 23.2. The summed E-state index contributed by atoms with van der Waals surface area (Å²) in [6, 6.07) is 7.87. The molecule has 3 heterocycles. The lowest BCUT2D eigenvalue weighted by molar-refractivity contribution is 0.0618. The molecule has 5 heteroatoms. The van der Waals surface area contributed by atoms with Crippen LogP contribution >= 0.6 is 0 Å². The molecule has 25 heavy (non-hydrogen) atoms. The van der Waals surface area contributed by atoms with E-state index < -0.39 is 0 Å². The number of nitrogens with zero attached hydrogens (tertiary/aromatic N) is 3. The van der Waals surface area contributed by atoms with Gasteiger partial charge in [-0.2, -0.15) is 5.10 Å². The number of aromatic nitrogens is 2. The highest BCUT2D eigenvalue weighted by molar-refractivity contribution is 6.04. The molecule has 1 amide bonds. The molecule has 2 aliphatic heterocycles. The van der Waals surface area contributed by atoms with Gasteiger partial charge in [0, 0.05) is 25.0 Å². The van der Waals surface area contributed by atoms with Gasteiger partial charge in [-0.05, 0) is 56.7 Å². The Morgan fingerprint density at radius 2 is 2.00 bits per heavy atom. The van der Waals surface area contributed by atoms with Crippen LogP contribution in [0.4, 0.5) is 0 Å². The summed E-state index contributed by atoms with van der Waals surface area (Å²) in [6.07, 6.45) is 4.96. The van der Waals surface area contributed by atoms with E-state index in [9.17, 15) is 4.79 Å². The highest BCUT2D eigenvalue weighted by Gasteiger charge is 2.28. The second kappa shape index (κ2) is 7.16. The number of hydrogen-bond donors (Lipinski definition) is 1. The van der Waals surface area contributed by atoms with Crippen LogP contribution in [0.2, 0.25) is 0 Å². The van der Waals surface area contributed by atoms with Crippen molar-refractivity contribution >= 4 is 16.8 Å². The standard InChI is InChI=1S/C20H28N4O/c1-15-8-11-23(12-9-15)13-16-5-4-10-24(14-16)20(25)19-17-6-2-3-7-18(17)21-22-19/h2-3,6-7,15-16H,4-5,8-14H2,1H3,(H,21,22)/t16-/m1/s1. The summed E-state index contributed by atoms with van der Waals surface area (Å²) in [7, 11) is 0. The molecule has 1 atom stereocenters. The molecule has 4 rings (SSSR count). The Labute approximate surface area is 149 Å². The van der Waals surface area contributed by atoms with Crippen LogP contribution in [0.3, 0.4) is 0 Å². The summed E-state index contributed by atoms with van der Waals surface area (Å²) < 4.78 is 0. The number of carbonyl (C=O) groups excluding carboxylic acids is 1. The van der Waals surface area contributed by atoms with Gasteiger partial charge < -0.3 is 9.80 Å². The molecule has 1 aromatic carbocycles. The third-order valence-corrected chi connectivity index (χ3v) is 5.87. The molecule has 0 bridgehead atoms. The van der Waals surface area contributed by atoms with E-state index in [-0.39, 0.29) is 5.91 Å². The van der Waals surface area contributed by atoms with E-state index in [1.807, 2.05) is 29.2 Å². The van der Waals surface area contributed by atoms with Crippen molar-refractivity contribution < 1.29 is 4.79 Å². The zero-order valence-corrected chi connectivity index (χ0v) is 15.1. The van der Waals surface area contributed by atoms with Gasteiger partial charge in [-0.1, -0.05) is 25.1 Å². The Morgan fingerprint density at radius 3 is 2.84 bits per heavy atom. The maximum atomic E-state index is 13.0. The number of nitrogens with one attached hydrogen (secondary N) is 1. The predicted molar refractivity (Wildman–Crippen MR) is 99.6 cm³/mol. The Hall–Kier alpha value is -1.88. The van der Waals surface area contributed by atoms with E-state index in [0.717, 1.165) is 42.9 Å². The topological polar surface area (TPSA) is 52.2 Å². The van der Waals surface area contributed by atoms with Crippen molar-refractivity contribution in [3.8, 4) is 0 Å². The summed E-state index contributed by atoms with van der Waals surface area (Å²) in [6.45, 7) is 7.65. The van der Waals surface area contributed by atoms with Crippen LogP contribution in [-0.2, 0) is 0 Å². The van der Waals surface area contributed by atoms with Crippen molar-refractivity contribution in [2.75, 3.05) is 32.7 Å². The second-order valence-corrected chi connectivity index (χ2v) is 7.86. The molecule has 2 aliphatic rings. The average Bonchev–Trinajstić information content (AvgIpc) is 3.07. The highest BCUT2D eigenvalue weighted by Crippen LogP contribution is 2.24. The van der Waals surface area contributed by atoms with Gasteiger partial charge in [0.25, 0.3) is 5.91 Å². The monoisotopic (exact) mass is 340 g/mol. The van der Waals surface area contributed by atoms with Gasteiger partial charge in [0.05, 0.1) is 5.52 Å². The summed E-state index contributed by atoms with van der Waals surface area (Å²) in [4.78, 5) is 17.6. The zero-order valence-electron chi connectivity index (χ0n) is 15.1. The number of rotatable bonds is 3. The number of likely N-dealkylation sites (tertiary alicyclic amines) is 2. The van der Waals surface area contributed by atoms with Crippen molar-refractivity contribution in [3.63, 3.8) is 0 Å². The van der Waals surface area contributed by atoms with E-state index in [1.165, 1.54) is 32.4 Å². The minimum Gasteiger partial charge on any atom is -0.337 e. The molecule has 2 fully saturated rings. The molecule has 1 N–H and O–H groups in total. The highest BCUT2D eigenvalue weighted by atomic mass is 16.2. The lowest BCUT2D eigenvalue weighted by atomic mass is 9.94. The Kier molecular flexibility index (Phi) is 4.75. The van der Waals surface area contributed by atoms with E-state index >= 15 is 0 Å². The first-order valence-electron chi connectivity index (χ1n) is 9.65. The summed E-state index contributed by atoms with van der Waals surface area (Å²) >= 11 is 0. The number of piperidine rings is 2. The average molecular weight is 340 g/mol.